The molecule has 0 spiro atoms. The maximum atomic E-state index is 13.1. The van der Waals surface area contributed by atoms with E-state index in [0.717, 1.165) is 5.56 Å². The summed E-state index contributed by atoms with van der Waals surface area (Å²) in [6.07, 6.45) is 0.524. The van der Waals surface area contributed by atoms with E-state index in [9.17, 15) is 29.1 Å². The molecule has 0 radical (unpaired) electrons. The van der Waals surface area contributed by atoms with E-state index in [2.05, 4.69) is 16.0 Å². The van der Waals surface area contributed by atoms with Crippen molar-refractivity contribution >= 4 is 29.7 Å². The molecule has 0 fully saturated rings. The van der Waals surface area contributed by atoms with Gasteiger partial charge < -0.3 is 37.6 Å². The van der Waals surface area contributed by atoms with Crippen LogP contribution in [0.1, 0.15) is 44.6 Å². The van der Waals surface area contributed by atoms with Crippen molar-refractivity contribution in [3.8, 4) is 0 Å². The van der Waals surface area contributed by atoms with Crippen molar-refractivity contribution in [3.05, 3.63) is 35.9 Å². The quantitative estimate of drug-likeness (QED) is 0.142. The fourth-order valence-corrected chi connectivity index (χ4v) is 3.19. The monoisotopic (exact) mass is 493 g/mol. The van der Waals surface area contributed by atoms with Crippen molar-refractivity contribution in [3.63, 3.8) is 0 Å². The number of benzene rings is 1. The molecule has 4 atom stereocenters. The third kappa shape index (κ3) is 11.5. The molecule has 9 N–H and O–H groups in total. The molecule has 3 amide bonds. The normalized spacial score (nSPS) is 14.1. The van der Waals surface area contributed by atoms with Gasteiger partial charge in [-0.05, 0) is 44.7 Å². The molecular formula is C23H35N5O7. The highest BCUT2D eigenvalue weighted by molar-refractivity contribution is 5.94. The van der Waals surface area contributed by atoms with E-state index in [0.29, 0.717) is 19.4 Å². The molecular weight excluding hydrogens is 458 g/mol. The molecule has 0 aliphatic heterocycles. The van der Waals surface area contributed by atoms with Crippen LogP contribution < -0.4 is 27.4 Å². The van der Waals surface area contributed by atoms with E-state index >= 15 is 0 Å². The Bertz CT molecular complexity index is 863. The number of hydrogen-bond donors (Lipinski definition) is 7. The summed E-state index contributed by atoms with van der Waals surface area (Å²) in [5.41, 5.74) is 11.8. The number of carboxylic acids is 2. The van der Waals surface area contributed by atoms with Crippen LogP contribution in [0.2, 0.25) is 0 Å². The average molecular weight is 494 g/mol. The molecule has 35 heavy (non-hydrogen) atoms. The maximum absolute atomic E-state index is 13.1. The van der Waals surface area contributed by atoms with Gasteiger partial charge in [0.15, 0.2) is 0 Å². The Morgan fingerprint density at radius 1 is 0.829 bits per heavy atom. The number of unbranched alkanes of at least 4 members (excludes halogenated alkanes) is 1. The predicted molar refractivity (Wildman–Crippen MR) is 127 cm³/mol. The van der Waals surface area contributed by atoms with Crippen molar-refractivity contribution in [1.82, 2.24) is 16.0 Å². The van der Waals surface area contributed by atoms with E-state index in [1.807, 2.05) is 0 Å². The fraction of sp³-hybridized carbons (Fsp3) is 0.522. The largest absolute Gasteiger partial charge is 0.481 e. The second kappa shape index (κ2) is 15.4. The van der Waals surface area contributed by atoms with Gasteiger partial charge >= 0.3 is 11.9 Å². The molecule has 12 heteroatoms. The summed E-state index contributed by atoms with van der Waals surface area (Å²) >= 11 is 0. The fourth-order valence-electron chi connectivity index (χ4n) is 3.19. The topological polar surface area (TPSA) is 214 Å². The van der Waals surface area contributed by atoms with Crippen molar-refractivity contribution in [1.29, 1.82) is 0 Å². The summed E-state index contributed by atoms with van der Waals surface area (Å²) in [6.45, 7) is 1.82. The second-order valence-electron chi connectivity index (χ2n) is 8.22. The number of hydrogen-bond acceptors (Lipinski definition) is 7. The first-order chi connectivity index (χ1) is 16.5. The van der Waals surface area contributed by atoms with Crippen LogP contribution in [-0.2, 0) is 30.4 Å². The summed E-state index contributed by atoms with van der Waals surface area (Å²) < 4.78 is 0. The van der Waals surface area contributed by atoms with Crippen LogP contribution in [0.5, 0.6) is 0 Å². The molecule has 0 saturated carbocycles. The van der Waals surface area contributed by atoms with Crippen LogP contribution >= 0.6 is 0 Å². The summed E-state index contributed by atoms with van der Waals surface area (Å²) in [6, 6.07) is 4.27. The molecule has 0 saturated heterocycles. The summed E-state index contributed by atoms with van der Waals surface area (Å²) in [7, 11) is 0. The zero-order valence-corrected chi connectivity index (χ0v) is 19.7. The summed E-state index contributed by atoms with van der Waals surface area (Å²) in [5, 5.41) is 25.8. The molecule has 194 valence electrons. The van der Waals surface area contributed by atoms with Gasteiger partial charge in [0, 0.05) is 12.8 Å². The lowest BCUT2D eigenvalue weighted by Gasteiger charge is -2.25. The summed E-state index contributed by atoms with van der Waals surface area (Å²) in [5.74, 6) is -4.61. The Morgan fingerprint density at radius 2 is 1.40 bits per heavy atom. The lowest BCUT2D eigenvalue weighted by atomic mass is 10.0. The third-order valence-corrected chi connectivity index (χ3v) is 5.17. The lowest BCUT2D eigenvalue weighted by Crippen LogP contribution is -2.57. The van der Waals surface area contributed by atoms with E-state index in [4.69, 9.17) is 16.6 Å². The number of aliphatic carboxylic acids is 2. The van der Waals surface area contributed by atoms with Gasteiger partial charge in [-0.25, -0.2) is 4.79 Å². The van der Waals surface area contributed by atoms with Gasteiger partial charge in [0.2, 0.25) is 17.7 Å². The molecule has 0 bridgehead atoms. The van der Waals surface area contributed by atoms with Gasteiger partial charge in [0.05, 0.1) is 6.04 Å². The van der Waals surface area contributed by atoms with Gasteiger partial charge in [-0.3, -0.25) is 19.2 Å². The van der Waals surface area contributed by atoms with Crippen molar-refractivity contribution in [2.24, 2.45) is 11.5 Å². The standard InChI is InChI=1S/C23H35N5O7/c1-14(25)20(31)28-18(13-15-7-3-2-4-8-15)22(33)26-16(10-11-19(29)30)21(32)27-17(23(34)35)9-5-6-12-24/h2-4,7-8,14,16-18H,5-6,9-13,24-25H2,1H3,(H,26,33)(H,27,32)(H,28,31)(H,29,30)(H,34,35). The highest BCUT2D eigenvalue weighted by atomic mass is 16.4. The smallest absolute Gasteiger partial charge is 0.326 e. The van der Waals surface area contributed by atoms with Gasteiger partial charge in [0.25, 0.3) is 0 Å². The molecule has 0 aromatic heterocycles. The number of nitrogens with two attached hydrogens (primary N) is 2. The second-order valence-corrected chi connectivity index (χ2v) is 8.22. The number of amides is 3. The first kappa shape index (κ1) is 29.5. The van der Waals surface area contributed by atoms with E-state index in [1.54, 1.807) is 30.3 Å². The predicted octanol–water partition coefficient (Wildman–Crippen LogP) is -0.891. The van der Waals surface area contributed by atoms with Crippen LogP contribution in [0.15, 0.2) is 30.3 Å². The van der Waals surface area contributed by atoms with Crippen molar-refractivity contribution in [2.75, 3.05) is 6.54 Å². The van der Waals surface area contributed by atoms with Crippen LogP contribution in [0.3, 0.4) is 0 Å². The molecule has 0 heterocycles. The number of carboxylic acid groups (broad SMARTS) is 2. The highest BCUT2D eigenvalue weighted by Gasteiger charge is 2.30. The van der Waals surface area contributed by atoms with E-state index in [-0.39, 0.29) is 19.3 Å². The van der Waals surface area contributed by atoms with Crippen molar-refractivity contribution < 1.29 is 34.2 Å². The number of carbonyl (C=O) groups excluding carboxylic acids is 3. The Labute approximate surface area is 203 Å². The lowest BCUT2D eigenvalue weighted by molar-refractivity contribution is -0.143. The van der Waals surface area contributed by atoms with Gasteiger partial charge in [-0.15, -0.1) is 0 Å². The zero-order valence-electron chi connectivity index (χ0n) is 19.7. The molecule has 1 rings (SSSR count). The van der Waals surface area contributed by atoms with E-state index in [1.165, 1.54) is 6.92 Å². The SMILES string of the molecule is CC(N)C(=O)NC(Cc1ccccc1)C(=O)NC(CCC(=O)O)C(=O)NC(CCCCN)C(=O)O. The van der Waals surface area contributed by atoms with Crippen LogP contribution in [0.25, 0.3) is 0 Å². The first-order valence-corrected chi connectivity index (χ1v) is 11.4. The number of rotatable bonds is 16. The average Bonchev–Trinajstić information content (AvgIpc) is 2.80. The third-order valence-electron chi connectivity index (χ3n) is 5.17. The van der Waals surface area contributed by atoms with Gasteiger partial charge in [-0.1, -0.05) is 30.3 Å². The number of carbonyl (C=O) groups is 5. The highest BCUT2D eigenvalue weighted by Crippen LogP contribution is 2.07. The minimum atomic E-state index is -1.33. The molecule has 1 aromatic rings. The number of nitrogens with one attached hydrogen (secondary N) is 3. The molecule has 0 aliphatic carbocycles. The Hall–Kier alpha value is -3.51. The maximum Gasteiger partial charge on any atom is 0.326 e. The van der Waals surface area contributed by atoms with E-state index < -0.39 is 60.2 Å². The van der Waals surface area contributed by atoms with Gasteiger partial charge in [-0.2, -0.15) is 0 Å². The molecule has 4 unspecified atom stereocenters. The minimum Gasteiger partial charge on any atom is -0.481 e. The minimum absolute atomic E-state index is 0.0925. The molecule has 1 aromatic carbocycles. The van der Waals surface area contributed by atoms with Crippen LogP contribution in [-0.4, -0.2) is 70.6 Å². The van der Waals surface area contributed by atoms with Crippen LogP contribution in [0, 0.1) is 0 Å². The zero-order chi connectivity index (χ0) is 26.4. The summed E-state index contributed by atoms with van der Waals surface area (Å²) in [4.78, 5) is 60.7. The van der Waals surface area contributed by atoms with Crippen LogP contribution in [0.4, 0.5) is 0 Å². The Balaban J connectivity index is 3.04. The molecule has 0 aliphatic rings. The Morgan fingerprint density at radius 3 is 1.94 bits per heavy atom. The first-order valence-electron chi connectivity index (χ1n) is 11.4. The molecule has 12 nitrogen and oxygen atoms in total. The van der Waals surface area contributed by atoms with Crippen molar-refractivity contribution in [2.45, 2.75) is 69.6 Å². The van der Waals surface area contributed by atoms with Gasteiger partial charge in [0.1, 0.15) is 18.1 Å². The Kier molecular flexibility index (Phi) is 13.0.